The van der Waals surface area contributed by atoms with Crippen LogP contribution in [0.2, 0.25) is 0 Å². The van der Waals surface area contributed by atoms with Crippen molar-refractivity contribution in [2.75, 3.05) is 12.3 Å². The summed E-state index contributed by atoms with van der Waals surface area (Å²) in [5.41, 5.74) is 0. The molecule has 13 heavy (non-hydrogen) atoms. The molecular weight excluding hydrogens is 273 g/mol. The van der Waals surface area contributed by atoms with Crippen molar-refractivity contribution in [1.29, 1.82) is 0 Å². The molecule has 0 aliphatic carbocycles. The second kappa shape index (κ2) is 7.19. The molecular formula is C5H11BrNNaO4S. The first-order valence-electron chi connectivity index (χ1n) is 3.20. The Labute approximate surface area is 108 Å². The predicted molar refractivity (Wildman–Crippen MR) is 55.0 cm³/mol. The van der Waals surface area contributed by atoms with Gasteiger partial charge < -0.3 is 5.32 Å². The van der Waals surface area contributed by atoms with Crippen molar-refractivity contribution in [3.8, 4) is 0 Å². The minimum atomic E-state index is -3.98. The van der Waals surface area contributed by atoms with Crippen LogP contribution in [0.25, 0.3) is 0 Å². The van der Waals surface area contributed by atoms with E-state index in [0.29, 0.717) is 0 Å². The standard InChI is InChI=1S/C5H10BrNO4S.Na.H/c1-4(6)5(8)7-2-3-12(9,10)11;;/h4H,2-3H2,1H3,(H,7,8)(H,9,10,11);;. The zero-order chi connectivity index (χ0) is 9.78. The Kier molecular flexibility index (Phi) is 9.01. The van der Waals surface area contributed by atoms with Crippen LogP contribution in [0.1, 0.15) is 6.92 Å². The van der Waals surface area contributed by atoms with Gasteiger partial charge in [0.15, 0.2) is 0 Å². The molecule has 8 heteroatoms. The van der Waals surface area contributed by atoms with Gasteiger partial charge in [-0.25, -0.2) is 0 Å². The molecule has 1 atom stereocenters. The van der Waals surface area contributed by atoms with Crippen molar-refractivity contribution in [3.05, 3.63) is 0 Å². The molecule has 0 bridgehead atoms. The van der Waals surface area contributed by atoms with Crippen molar-refractivity contribution in [3.63, 3.8) is 0 Å². The number of nitrogens with one attached hydrogen (secondary N) is 1. The van der Waals surface area contributed by atoms with Crippen LogP contribution in [-0.4, -0.2) is 65.6 Å². The third-order valence-electron chi connectivity index (χ3n) is 1.02. The summed E-state index contributed by atoms with van der Waals surface area (Å²) in [5.74, 6) is -0.767. The van der Waals surface area contributed by atoms with Crippen molar-refractivity contribution < 1.29 is 17.8 Å². The Hall–Kier alpha value is 0.860. The Bertz CT molecular complexity index is 253. The van der Waals surface area contributed by atoms with Gasteiger partial charge in [0, 0.05) is 6.54 Å². The van der Waals surface area contributed by atoms with Crippen LogP contribution in [0.3, 0.4) is 0 Å². The Morgan fingerprint density at radius 1 is 1.62 bits per heavy atom. The maximum absolute atomic E-state index is 10.8. The van der Waals surface area contributed by atoms with Gasteiger partial charge in [-0.15, -0.1) is 0 Å². The monoisotopic (exact) mass is 283 g/mol. The fourth-order valence-electron chi connectivity index (χ4n) is 0.444. The normalized spacial score (nSPS) is 12.8. The zero-order valence-electron chi connectivity index (χ0n) is 6.45. The Balaban J connectivity index is 0. The van der Waals surface area contributed by atoms with E-state index >= 15 is 0 Å². The topological polar surface area (TPSA) is 83.5 Å². The van der Waals surface area contributed by atoms with Crippen LogP contribution in [0.15, 0.2) is 0 Å². The fraction of sp³-hybridized carbons (Fsp3) is 0.800. The van der Waals surface area contributed by atoms with Crippen LogP contribution in [-0.2, 0) is 14.9 Å². The summed E-state index contributed by atoms with van der Waals surface area (Å²) >= 11 is 3.00. The van der Waals surface area contributed by atoms with Crippen molar-refractivity contribution in [1.82, 2.24) is 5.32 Å². The average molecular weight is 284 g/mol. The third kappa shape index (κ3) is 10.8. The zero-order valence-corrected chi connectivity index (χ0v) is 8.85. The first-order valence-corrected chi connectivity index (χ1v) is 5.72. The third-order valence-corrected chi connectivity index (χ3v) is 2.16. The number of hydrogen-bond donors (Lipinski definition) is 2. The molecule has 0 aromatic rings. The summed E-state index contributed by atoms with van der Waals surface area (Å²) in [6.45, 7) is 1.54. The van der Waals surface area contributed by atoms with Gasteiger partial charge in [-0.1, -0.05) is 15.9 Å². The number of carbonyl (C=O) groups excluding carboxylic acids is 1. The number of amides is 1. The second-order valence-corrected chi connectivity index (χ2v) is 5.14. The molecule has 0 rings (SSSR count). The molecule has 0 aromatic carbocycles. The molecule has 0 fully saturated rings. The maximum atomic E-state index is 10.8. The summed E-state index contributed by atoms with van der Waals surface area (Å²) in [6, 6.07) is 0. The van der Waals surface area contributed by atoms with E-state index in [-0.39, 0.29) is 46.8 Å². The van der Waals surface area contributed by atoms with Crippen LogP contribution in [0, 0.1) is 0 Å². The molecule has 0 spiro atoms. The van der Waals surface area contributed by atoms with Crippen molar-refractivity contribution in [2.24, 2.45) is 0 Å². The molecule has 0 aliphatic heterocycles. The summed E-state index contributed by atoms with van der Waals surface area (Å²) in [7, 11) is -3.98. The Morgan fingerprint density at radius 3 is 2.38 bits per heavy atom. The van der Waals surface area contributed by atoms with Crippen LogP contribution < -0.4 is 5.32 Å². The fourth-order valence-corrected chi connectivity index (χ4v) is 0.966. The predicted octanol–water partition coefficient (Wildman–Crippen LogP) is -0.875. The van der Waals surface area contributed by atoms with E-state index in [1.165, 1.54) is 0 Å². The molecule has 2 N–H and O–H groups in total. The number of halogens is 1. The molecule has 0 saturated carbocycles. The van der Waals surface area contributed by atoms with Crippen molar-refractivity contribution >= 4 is 61.5 Å². The quantitative estimate of drug-likeness (QED) is 0.399. The second-order valence-electron chi connectivity index (χ2n) is 2.19. The van der Waals surface area contributed by atoms with Crippen LogP contribution >= 0.6 is 15.9 Å². The first kappa shape index (κ1) is 16.3. The van der Waals surface area contributed by atoms with E-state index in [4.69, 9.17) is 4.55 Å². The summed E-state index contributed by atoms with van der Waals surface area (Å²) in [6.07, 6.45) is 0. The molecule has 0 aromatic heterocycles. The van der Waals surface area contributed by atoms with E-state index in [2.05, 4.69) is 21.2 Å². The van der Waals surface area contributed by atoms with E-state index in [0.717, 1.165) is 0 Å². The molecule has 1 amide bonds. The number of alkyl halides is 1. The summed E-state index contributed by atoms with van der Waals surface area (Å²) < 4.78 is 28.6. The molecule has 0 radical (unpaired) electrons. The average Bonchev–Trinajstić information content (AvgIpc) is 1.84. The van der Waals surface area contributed by atoms with Gasteiger partial charge in [0.05, 0.1) is 10.6 Å². The number of rotatable bonds is 4. The minimum absolute atomic E-state index is 0. The van der Waals surface area contributed by atoms with Gasteiger partial charge >= 0.3 is 29.6 Å². The summed E-state index contributed by atoms with van der Waals surface area (Å²) in [5, 5.41) is 2.31. The SMILES string of the molecule is CC(Br)C(=O)NCCS(=O)(=O)O.[NaH]. The van der Waals surface area contributed by atoms with Gasteiger partial charge in [-0.2, -0.15) is 8.42 Å². The van der Waals surface area contributed by atoms with Gasteiger partial charge in [-0.05, 0) is 6.92 Å². The van der Waals surface area contributed by atoms with Gasteiger partial charge in [0.1, 0.15) is 0 Å². The molecule has 0 saturated heterocycles. The van der Waals surface area contributed by atoms with Crippen molar-refractivity contribution in [2.45, 2.75) is 11.8 Å². The van der Waals surface area contributed by atoms with Crippen LogP contribution in [0.4, 0.5) is 0 Å². The van der Waals surface area contributed by atoms with Crippen LogP contribution in [0.5, 0.6) is 0 Å². The molecule has 0 heterocycles. The van der Waals surface area contributed by atoms with Gasteiger partial charge in [0.2, 0.25) is 5.91 Å². The molecule has 0 aliphatic rings. The van der Waals surface area contributed by atoms with Gasteiger partial charge in [-0.3, -0.25) is 9.35 Å². The van der Waals surface area contributed by atoms with E-state index < -0.39 is 15.9 Å². The molecule has 1 unspecified atom stereocenters. The Morgan fingerprint density at radius 2 is 2.08 bits per heavy atom. The number of hydrogen-bond acceptors (Lipinski definition) is 3. The van der Waals surface area contributed by atoms with E-state index in [1.807, 2.05) is 0 Å². The first-order chi connectivity index (χ1) is 5.33. The van der Waals surface area contributed by atoms with Gasteiger partial charge in [0.25, 0.3) is 10.1 Å². The molecule has 5 nitrogen and oxygen atoms in total. The summed E-state index contributed by atoms with van der Waals surface area (Å²) in [4.78, 5) is 10.4. The van der Waals surface area contributed by atoms with E-state index in [9.17, 15) is 13.2 Å². The number of carbonyl (C=O) groups is 1. The van der Waals surface area contributed by atoms with E-state index in [1.54, 1.807) is 6.92 Å². The molecule has 74 valence electrons.